The summed E-state index contributed by atoms with van der Waals surface area (Å²) in [7, 11) is 0. The molecule has 0 aromatic carbocycles. The Labute approximate surface area is 94.0 Å². The molecule has 1 N–H and O–H groups in total. The van der Waals surface area contributed by atoms with Crippen molar-refractivity contribution in [1.29, 1.82) is 0 Å². The molecule has 0 bridgehead atoms. The molecule has 0 radical (unpaired) electrons. The van der Waals surface area contributed by atoms with Gasteiger partial charge in [-0.15, -0.1) is 0 Å². The van der Waals surface area contributed by atoms with E-state index in [1.807, 2.05) is 0 Å². The molecule has 3 saturated heterocycles. The fraction of sp³-hybridized carbons (Fsp3) is 0.818. The van der Waals surface area contributed by atoms with E-state index in [0.29, 0.717) is 25.4 Å². The van der Waals surface area contributed by atoms with Crippen molar-refractivity contribution in [1.82, 2.24) is 9.80 Å². The van der Waals surface area contributed by atoms with Gasteiger partial charge in [0.1, 0.15) is 12.1 Å². The van der Waals surface area contributed by atoms with Crippen LogP contribution >= 0.6 is 0 Å². The molecule has 4 unspecified atom stereocenters. The number of nitrogens with zero attached hydrogens (tertiary/aromatic N) is 2. The number of hydrogen-bond donors (Lipinski definition) is 1. The molecule has 0 aliphatic carbocycles. The first-order valence-corrected chi connectivity index (χ1v) is 5.87. The minimum Gasteiger partial charge on any atom is -0.391 e. The summed E-state index contributed by atoms with van der Waals surface area (Å²) in [4.78, 5) is 27.6. The topological polar surface area (TPSA) is 60.9 Å². The molecule has 0 aromatic rings. The van der Waals surface area contributed by atoms with Crippen molar-refractivity contribution in [2.24, 2.45) is 5.92 Å². The van der Waals surface area contributed by atoms with Crippen LogP contribution in [0, 0.1) is 5.92 Å². The number of carbonyl (C=O) groups excluding carboxylic acids is 2. The zero-order valence-corrected chi connectivity index (χ0v) is 9.30. The minimum absolute atomic E-state index is 0.0329. The number of hydrogen-bond acceptors (Lipinski definition) is 3. The second kappa shape index (κ2) is 3.20. The van der Waals surface area contributed by atoms with Crippen molar-refractivity contribution in [3.8, 4) is 0 Å². The summed E-state index contributed by atoms with van der Waals surface area (Å²) in [6.07, 6.45) is 0.641. The molecule has 88 valence electrons. The second-order valence-electron chi connectivity index (χ2n) is 5.24. The maximum atomic E-state index is 12.1. The predicted octanol–water partition coefficient (Wildman–Crippen LogP) is -0.801. The predicted molar refractivity (Wildman–Crippen MR) is 55.4 cm³/mol. The Morgan fingerprint density at radius 3 is 2.31 bits per heavy atom. The molecule has 3 heterocycles. The fourth-order valence-corrected chi connectivity index (χ4v) is 3.20. The first kappa shape index (κ1) is 10.1. The summed E-state index contributed by atoms with van der Waals surface area (Å²) in [6, 6.07) is -0.659. The van der Waals surface area contributed by atoms with E-state index in [2.05, 4.69) is 6.92 Å². The quantitative estimate of drug-likeness (QED) is 0.586. The van der Waals surface area contributed by atoms with E-state index >= 15 is 0 Å². The Kier molecular flexibility index (Phi) is 2.01. The molecule has 3 aliphatic heterocycles. The maximum Gasteiger partial charge on any atom is 0.246 e. The van der Waals surface area contributed by atoms with Gasteiger partial charge in [0, 0.05) is 19.5 Å². The Balaban J connectivity index is 1.92. The standard InChI is InChI=1S/C11H16N2O3/c1-6-2-8-10(15)13-5-7(14)3-9(13)11(16)12(8)4-6/h6-9,14H,2-5H2,1H3. The largest absolute Gasteiger partial charge is 0.391 e. The lowest BCUT2D eigenvalue weighted by atomic mass is 10.0. The monoisotopic (exact) mass is 224 g/mol. The Morgan fingerprint density at radius 2 is 1.62 bits per heavy atom. The summed E-state index contributed by atoms with van der Waals surface area (Å²) in [5.41, 5.74) is 0. The summed E-state index contributed by atoms with van der Waals surface area (Å²) in [5.74, 6) is 0.471. The first-order valence-electron chi connectivity index (χ1n) is 5.87. The van der Waals surface area contributed by atoms with Gasteiger partial charge in [-0.1, -0.05) is 6.92 Å². The third-order valence-corrected chi connectivity index (χ3v) is 3.93. The maximum absolute atomic E-state index is 12.1. The number of rotatable bonds is 0. The number of piperazine rings is 1. The summed E-state index contributed by atoms with van der Waals surface area (Å²) in [6.45, 7) is 3.09. The van der Waals surface area contributed by atoms with Crippen molar-refractivity contribution < 1.29 is 14.7 Å². The summed E-state index contributed by atoms with van der Waals surface area (Å²) >= 11 is 0. The van der Waals surface area contributed by atoms with Gasteiger partial charge in [-0.3, -0.25) is 9.59 Å². The van der Waals surface area contributed by atoms with E-state index in [4.69, 9.17) is 0 Å². The second-order valence-corrected chi connectivity index (χ2v) is 5.24. The molecule has 4 atom stereocenters. The van der Waals surface area contributed by atoms with Crippen molar-refractivity contribution in [2.45, 2.75) is 38.0 Å². The molecule has 2 amide bonds. The zero-order chi connectivity index (χ0) is 11.4. The third-order valence-electron chi connectivity index (χ3n) is 3.93. The Bertz CT molecular complexity index is 295. The molecular formula is C11H16N2O3. The Morgan fingerprint density at radius 1 is 1.06 bits per heavy atom. The van der Waals surface area contributed by atoms with Crippen LogP contribution in [0.1, 0.15) is 19.8 Å². The SMILES string of the molecule is CC1CC2C(=O)N3CC(O)CC3C(=O)N2C1. The third kappa shape index (κ3) is 1.21. The van der Waals surface area contributed by atoms with Crippen molar-refractivity contribution in [3.63, 3.8) is 0 Å². The molecular weight excluding hydrogens is 208 g/mol. The van der Waals surface area contributed by atoms with Crippen LogP contribution in [0.15, 0.2) is 0 Å². The van der Waals surface area contributed by atoms with Crippen LogP contribution in [0.4, 0.5) is 0 Å². The van der Waals surface area contributed by atoms with Crippen molar-refractivity contribution in [2.75, 3.05) is 13.1 Å². The van der Waals surface area contributed by atoms with Crippen LogP contribution < -0.4 is 0 Å². The average Bonchev–Trinajstić information content (AvgIpc) is 2.78. The lowest BCUT2D eigenvalue weighted by molar-refractivity contribution is -0.157. The fourth-order valence-electron chi connectivity index (χ4n) is 3.20. The van der Waals surface area contributed by atoms with Gasteiger partial charge >= 0.3 is 0 Å². The van der Waals surface area contributed by atoms with Crippen LogP contribution in [0.5, 0.6) is 0 Å². The van der Waals surface area contributed by atoms with Crippen LogP contribution in [0.2, 0.25) is 0 Å². The van der Waals surface area contributed by atoms with Gasteiger partial charge in [0.15, 0.2) is 0 Å². The van der Waals surface area contributed by atoms with Gasteiger partial charge in [0.25, 0.3) is 0 Å². The molecule has 5 nitrogen and oxygen atoms in total. The molecule has 3 rings (SSSR count). The number of fused-ring (bicyclic) bond motifs is 2. The minimum atomic E-state index is -0.532. The van der Waals surface area contributed by atoms with Gasteiger partial charge in [-0.05, 0) is 12.3 Å². The zero-order valence-electron chi connectivity index (χ0n) is 9.30. The van der Waals surface area contributed by atoms with E-state index in [1.165, 1.54) is 0 Å². The van der Waals surface area contributed by atoms with Gasteiger partial charge in [0.2, 0.25) is 11.8 Å². The van der Waals surface area contributed by atoms with Gasteiger partial charge < -0.3 is 14.9 Å². The molecule has 0 aromatic heterocycles. The van der Waals surface area contributed by atoms with Crippen molar-refractivity contribution >= 4 is 11.8 Å². The van der Waals surface area contributed by atoms with E-state index in [-0.39, 0.29) is 17.9 Å². The van der Waals surface area contributed by atoms with Crippen molar-refractivity contribution in [3.05, 3.63) is 0 Å². The van der Waals surface area contributed by atoms with E-state index in [0.717, 1.165) is 6.42 Å². The molecule has 3 fully saturated rings. The van der Waals surface area contributed by atoms with Gasteiger partial charge in [0.05, 0.1) is 6.10 Å². The molecule has 0 spiro atoms. The highest BCUT2D eigenvalue weighted by Gasteiger charge is 2.52. The molecule has 3 aliphatic rings. The highest BCUT2D eigenvalue weighted by Crippen LogP contribution is 2.34. The van der Waals surface area contributed by atoms with Gasteiger partial charge in [-0.2, -0.15) is 0 Å². The molecule has 5 heteroatoms. The lowest BCUT2D eigenvalue weighted by Crippen LogP contribution is -2.60. The average molecular weight is 224 g/mol. The van der Waals surface area contributed by atoms with E-state index < -0.39 is 12.1 Å². The van der Waals surface area contributed by atoms with E-state index in [1.54, 1.807) is 9.80 Å². The summed E-state index contributed by atoms with van der Waals surface area (Å²) < 4.78 is 0. The van der Waals surface area contributed by atoms with Gasteiger partial charge in [-0.25, -0.2) is 0 Å². The number of aliphatic hydroxyl groups excluding tert-OH is 1. The highest BCUT2D eigenvalue weighted by atomic mass is 16.3. The smallest absolute Gasteiger partial charge is 0.246 e. The molecule has 16 heavy (non-hydrogen) atoms. The number of aliphatic hydroxyl groups is 1. The normalized spacial score (nSPS) is 42.6. The van der Waals surface area contributed by atoms with Crippen LogP contribution in [-0.4, -0.2) is 58.0 Å². The Hall–Kier alpha value is -1.10. The van der Waals surface area contributed by atoms with Crippen LogP contribution in [0.3, 0.4) is 0 Å². The number of carbonyl (C=O) groups is 2. The van der Waals surface area contributed by atoms with E-state index in [9.17, 15) is 14.7 Å². The highest BCUT2D eigenvalue weighted by molar-refractivity contribution is 5.98. The number of amides is 2. The lowest BCUT2D eigenvalue weighted by Gasteiger charge is -2.38. The van der Waals surface area contributed by atoms with Crippen LogP contribution in [-0.2, 0) is 9.59 Å². The molecule has 0 saturated carbocycles. The summed E-state index contributed by atoms with van der Waals surface area (Å²) in [5, 5.41) is 9.55. The first-order chi connectivity index (χ1) is 7.58. The van der Waals surface area contributed by atoms with Crippen LogP contribution in [0.25, 0.3) is 0 Å².